The van der Waals surface area contributed by atoms with E-state index in [2.05, 4.69) is 15.7 Å². The summed E-state index contributed by atoms with van der Waals surface area (Å²) in [5, 5.41) is 9.15. The van der Waals surface area contributed by atoms with Crippen molar-refractivity contribution in [1.82, 2.24) is 9.78 Å². The van der Waals surface area contributed by atoms with Gasteiger partial charge in [0.2, 0.25) is 0 Å². The Morgan fingerprint density at radius 1 is 1.07 bits per heavy atom. The average Bonchev–Trinajstić information content (AvgIpc) is 3.07. The molecule has 3 rings (SSSR count). The number of hydrogen-bond donors (Lipinski definition) is 2. The lowest BCUT2D eigenvalue weighted by molar-refractivity contribution is -0.118. The Hall–Kier alpha value is -3.68. The monoisotopic (exact) mass is 368 g/mol. The number of aryl methyl sites for hydroxylation is 1. The van der Waals surface area contributed by atoms with E-state index < -0.39 is 17.6 Å². The number of aromatic nitrogens is 2. The molecular formula is C19H17FN4O3. The minimum atomic E-state index is -0.542. The Morgan fingerprint density at radius 3 is 2.56 bits per heavy atom. The van der Waals surface area contributed by atoms with Gasteiger partial charge in [-0.1, -0.05) is 24.3 Å². The first kappa shape index (κ1) is 18.1. The van der Waals surface area contributed by atoms with Gasteiger partial charge in [0.1, 0.15) is 11.6 Å². The second-order valence-corrected chi connectivity index (χ2v) is 5.64. The van der Waals surface area contributed by atoms with Crippen LogP contribution in [0.5, 0.6) is 5.75 Å². The van der Waals surface area contributed by atoms with E-state index in [1.54, 1.807) is 54.3 Å². The number of amides is 2. The predicted molar refractivity (Wildman–Crippen MR) is 98.1 cm³/mol. The number of carbonyl (C=O) groups is 2. The number of nitrogens with one attached hydrogen (secondary N) is 2. The molecule has 0 aliphatic carbocycles. The summed E-state index contributed by atoms with van der Waals surface area (Å²) in [4.78, 5) is 24.4. The molecular weight excluding hydrogens is 351 g/mol. The van der Waals surface area contributed by atoms with Gasteiger partial charge < -0.3 is 15.4 Å². The number of benzene rings is 2. The molecule has 0 saturated heterocycles. The molecule has 1 aromatic heterocycles. The Morgan fingerprint density at radius 2 is 1.81 bits per heavy atom. The van der Waals surface area contributed by atoms with Crippen LogP contribution in [-0.2, 0) is 11.8 Å². The van der Waals surface area contributed by atoms with E-state index in [9.17, 15) is 14.0 Å². The van der Waals surface area contributed by atoms with Gasteiger partial charge in [-0.3, -0.25) is 14.3 Å². The summed E-state index contributed by atoms with van der Waals surface area (Å²) in [5.41, 5.74) is 0.314. The number of rotatable bonds is 6. The molecule has 3 aromatic rings. The SMILES string of the molecule is Cn1ccc(NC(=O)c2ccccc2OCC(=O)Nc2ccccc2F)n1. The first-order valence-corrected chi connectivity index (χ1v) is 8.10. The maximum absolute atomic E-state index is 13.6. The van der Waals surface area contributed by atoms with Crippen molar-refractivity contribution in [2.75, 3.05) is 17.2 Å². The molecule has 0 bridgehead atoms. The summed E-state index contributed by atoms with van der Waals surface area (Å²) in [5.74, 6) is -0.871. The zero-order valence-electron chi connectivity index (χ0n) is 14.5. The van der Waals surface area contributed by atoms with Crippen LogP contribution >= 0.6 is 0 Å². The summed E-state index contributed by atoms with van der Waals surface area (Å²) < 4.78 is 20.6. The molecule has 0 unspecified atom stereocenters. The largest absolute Gasteiger partial charge is 0.483 e. The molecule has 27 heavy (non-hydrogen) atoms. The van der Waals surface area contributed by atoms with Gasteiger partial charge in [0.15, 0.2) is 12.4 Å². The number of para-hydroxylation sites is 2. The minimum Gasteiger partial charge on any atom is -0.483 e. The lowest BCUT2D eigenvalue weighted by Gasteiger charge is -2.11. The number of carbonyl (C=O) groups excluding carboxylic acids is 2. The Balaban J connectivity index is 1.64. The topological polar surface area (TPSA) is 85.2 Å². The fourth-order valence-electron chi connectivity index (χ4n) is 2.34. The van der Waals surface area contributed by atoms with Crippen LogP contribution in [-0.4, -0.2) is 28.2 Å². The maximum Gasteiger partial charge on any atom is 0.262 e. The van der Waals surface area contributed by atoms with Crippen LogP contribution < -0.4 is 15.4 Å². The number of halogens is 1. The lowest BCUT2D eigenvalue weighted by atomic mass is 10.2. The van der Waals surface area contributed by atoms with E-state index in [1.165, 1.54) is 18.2 Å². The normalized spacial score (nSPS) is 10.3. The number of anilines is 2. The van der Waals surface area contributed by atoms with Crippen molar-refractivity contribution in [2.45, 2.75) is 0 Å². The fraction of sp³-hybridized carbons (Fsp3) is 0.105. The van der Waals surface area contributed by atoms with Gasteiger partial charge in [0, 0.05) is 19.3 Å². The van der Waals surface area contributed by atoms with Crippen molar-refractivity contribution in [2.24, 2.45) is 7.05 Å². The summed E-state index contributed by atoms with van der Waals surface area (Å²) in [6.45, 7) is -0.373. The van der Waals surface area contributed by atoms with Crippen LogP contribution in [0.1, 0.15) is 10.4 Å². The zero-order valence-corrected chi connectivity index (χ0v) is 14.5. The zero-order chi connectivity index (χ0) is 19.2. The quantitative estimate of drug-likeness (QED) is 0.701. The van der Waals surface area contributed by atoms with Crippen LogP contribution in [0.2, 0.25) is 0 Å². The van der Waals surface area contributed by atoms with Crippen molar-refractivity contribution in [3.8, 4) is 5.75 Å². The smallest absolute Gasteiger partial charge is 0.262 e. The van der Waals surface area contributed by atoms with Gasteiger partial charge in [-0.25, -0.2) is 4.39 Å². The molecule has 0 aliphatic rings. The molecule has 2 N–H and O–H groups in total. The van der Waals surface area contributed by atoms with Gasteiger partial charge in [-0.15, -0.1) is 0 Å². The van der Waals surface area contributed by atoms with Gasteiger partial charge in [0.05, 0.1) is 11.3 Å². The van der Waals surface area contributed by atoms with E-state index in [0.29, 0.717) is 5.82 Å². The molecule has 0 radical (unpaired) electrons. The summed E-state index contributed by atoms with van der Waals surface area (Å²) in [6.07, 6.45) is 1.70. The number of nitrogens with zero attached hydrogens (tertiary/aromatic N) is 2. The van der Waals surface area contributed by atoms with Gasteiger partial charge in [-0.2, -0.15) is 5.10 Å². The standard InChI is InChI=1S/C19H17FN4O3/c1-24-11-10-17(23-24)22-19(26)13-6-2-5-9-16(13)27-12-18(25)21-15-8-4-3-7-14(15)20/h2-11H,12H2,1H3,(H,21,25)(H,22,23,26). The van der Waals surface area contributed by atoms with Gasteiger partial charge in [-0.05, 0) is 24.3 Å². The third kappa shape index (κ3) is 4.69. The highest BCUT2D eigenvalue weighted by Gasteiger charge is 2.15. The Kier molecular flexibility index (Phi) is 5.46. The van der Waals surface area contributed by atoms with Crippen LogP contribution in [0, 0.1) is 5.82 Å². The van der Waals surface area contributed by atoms with E-state index in [1.807, 2.05) is 0 Å². The van der Waals surface area contributed by atoms with Gasteiger partial charge >= 0.3 is 0 Å². The molecule has 0 atom stereocenters. The first-order chi connectivity index (χ1) is 13.0. The fourth-order valence-corrected chi connectivity index (χ4v) is 2.34. The van der Waals surface area contributed by atoms with Crippen molar-refractivity contribution in [3.63, 3.8) is 0 Å². The third-order valence-corrected chi connectivity index (χ3v) is 3.59. The molecule has 1 heterocycles. The molecule has 2 aromatic carbocycles. The van der Waals surface area contributed by atoms with Crippen LogP contribution in [0.4, 0.5) is 15.9 Å². The highest BCUT2D eigenvalue weighted by Crippen LogP contribution is 2.19. The molecule has 7 nitrogen and oxygen atoms in total. The van der Waals surface area contributed by atoms with Crippen molar-refractivity contribution in [3.05, 3.63) is 72.2 Å². The number of ether oxygens (including phenoxy) is 1. The molecule has 8 heteroatoms. The van der Waals surface area contributed by atoms with Crippen molar-refractivity contribution in [1.29, 1.82) is 0 Å². The summed E-state index contributed by atoms with van der Waals surface area (Å²) in [7, 11) is 1.74. The molecule has 0 fully saturated rings. The predicted octanol–water partition coefficient (Wildman–Crippen LogP) is 2.83. The molecule has 0 saturated carbocycles. The first-order valence-electron chi connectivity index (χ1n) is 8.10. The highest BCUT2D eigenvalue weighted by molar-refractivity contribution is 6.05. The Labute approximate surface area is 154 Å². The van der Waals surface area contributed by atoms with E-state index in [4.69, 9.17) is 4.74 Å². The third-order valence-electron chi connectivity index (χ3n) is 3.59. The van der Waals surface area contributed by atoms with E-state index in [0.717, 1.165) is 0 Å². The minimum absolute atomic E-state index is 0.0623. The summed E-state index contributed by atoms with van der Waals surface area (Å²) >= 11 is 0. The second kappa shape index (κ2) is 8.13. The lowest BCUT2D eigenvalue weighted by Crippen LogP contribution is -2.22. The average molecular weight is 368 g/mol. The Bertz CT molecular complexity index is 971. The molecule has 2 amide bonds. The van der Waals surface area contributed by atoms with E-state index >= 15 is 0 Å². The van der Waals surface area contributed by atoms with Crippen LogP contribution in [0.15, 0.2) is 60.8 Å². The van der Waals surface area contributed by atoms with Gasteiger partial charge in [0.25, 0.3) is 11.8 Å². The summed E-state index contributed by atoms with van der Waals surface area (Å²) in [6, 6.07) is 14.0. The highest BCUT2D eigenvalue weighted by atomic mass is 19.1. The molecule has 0 spiro atoms. The molecule has 138 valence electrons. The van der Waals surface area contributed by atoms with Crippen LogP contribution in [0.25, 0.3) is 0 Å². The maximum atomic E-state index is 13.6. The van der Waals surface area contributed by atoms with Crippen LogP contribution in [0.3, 0.4) is 0 Å². The number of hydrogen-bond acceptors (Lipinski definition) is 4. The van der Waals surface area contributed by atoms with Crippen molar-refractivity contribution < 1.29 is 18.7 Å². The van der Waals surface area contributed by atoms with E-state index in [-0.39, 0.29) is 23.6 Å². The molecule has 0 aliphatic heterocycles. The second-order valence-electron chi connectivity index (χ2n) is 5.64. The van der Waals surface area contributed by atoms with Crippen molar-refractivity contribution >= 4 is 23.3 Å².